The summed E-state index contributed by atoms with van der Waals surface area (Å²) in [4.78, 5) is 23.2. The van der Waals surface area contributed by atoms with E-state index in [9.17, 15) is 4.79 Å². The first-order valence-corrected chi connectivity index (χ1v) is 7.98. The predicted octanol–water partition coefficient (Wildman–Crippen LogP) is 3.43. The minimum absolute atomic E-state index is 0.0735. The molecule has 4 nitrogen and oxygen atoms in total. The van der Waals surface area contributed by atoms with Crippen molar-refractivity contribution in [2.24, 2.45) is 0 Å². The SMILES string of the molecule is CCN(C(=O)/C=C/c1cnc2ccccc2n1)C1CCCC1. The lowest BCUT2D eigenvalue weighted by Crippen LogP contribution is -2.37. The molecule has 1 aromatic carbocycles. The van der Waals surface area contributed by atoms with Gasteiger partial charge in [0.25, 0.3) is 0 Å². The van der Waals surface area contributed by atoms with Crippen LogP contribution < -0.4 is 0 Å². The molecule has 1 aliphatic carbocycles. The average Bonchev–Trinajstić information content (AvgIpc) is 3.07. The highest BCUT2D eigenvalue weighted by atomic mass is 16.2. The van der Waals surface area contributed by atoms with Gasteiger partial charge in [-0.1, -0.05) is 25.0 Å². The number of para-hydroxylation sites is 2. The van der Waals surface area contributed by atoms with Gasteiger partial charge >= 0.3 is 0 Å². The summed E-state index contributed by atoms with van der Waals surface area (Å²) in [6.45, 7) is 2.80. The topological polar surface area (TPSA) is 46.1 Å². The molecule has 1 aromatic heterocycles. The Morgan fingerprint density at radius 1 is 1.27 bits per heavy atom. The molecule has 0 bridgehead atoms. The summed E-state index contributed by atoms with van der Waals surface area (Å²) in [6.07, 6.45) is 9.81. The summed E-state index contributed by atoms with van der Waals surface area (Å²) in [5, 5.41) is 0. The Bertz CT molecular complexity index is 690. The van der Waals surface area contributed by atoms with E-state index in [2.05, 4.69) is 9.97 Å². The van der Waals surface area contributed by atoms with E-state index in [0.29, 0.717) is 6.04 Å². The van der Waals surface area contributed by atoms with Gasteiger partial charge in [-0.2, -0.15) is 0 Å². The Labute approximate surface area is 130 Å². The number of likely N-dealkylation sites (N-methyl/N-ethyl adjacent to an activating group) is 1. The second kappa shape index (κ2) is 6.69. The molecule has 4 heteroatoms. The number of fused-ring (bicyclic) bond motifs is 1. The lowest BCUT2D eigenvalue weighted by atomic mass is 10.2. The van der Waals surface area contributed by atoms with Crippen LogP contribution in [0.5, 0.6) is 0 Å². The van der Waals surface area contributed by atoms with Crippen molar-refractivity contribution in [3.8, 4) is 0 Å². The van der Waals surface area contributed by atoms with E-state index in [-0.39, 0.29) is 5.91 Å². The van der Waals surface area contributed by atoms with E-state index in [0.717, 1.165) is 36.1 Å². The van der Waals surface area contributed by atoms with Crippen LogP contribution in [0.3, 0.4) is 0 Å². The molecule has 1 saturated carbocycles. The lowest BCUT2D eigenvalue weighted by molar-refractivity contribution is -0.127. The normalized spacial score (nSPS) is 15.7. The fourth-order valence-corrected chi connectivity index (χ4v) is 3.11. The van der Waals surface area contributed by atoms with Crippen LogP contribution in [0.2, 0.25) is 0 Å². The molecule has 1 amide bonds. The van der Waals surface area contributed by atoms with E-state index in [1.165, 1.54) is 12.8 Å². The third-order valence-electron chi connectivity index (χ3n) is 4.25. The molecular formula is C18H21N3O. The van der Waals surface area contributed by atoms with Crippen LogP contribution in [-0.4, -0.2) is 33.4 Å². The molecule has 0 spiro atoms. The summed E-state index contributed by atoms with van der Waals surface area (Å²) in [6, 6.07) is 8.15. The van der Waals surface area contributed by atoms with Crippen molar-refractivity contribution in [1.29, 1.82) is 0 Å². The highest BCUT2D eigenvalue weighted by Crippen LogP contribution is 2.23. The van der Waals surface area contributed by atoms with Crippen molar-refractivity contribution in [1.82, 2.24) is 14.9 Å². The zero-order chi connectivity index (χ0) is 15.4. The molecule has 1 fully saturated rings. The maximum atomic E-state index is 12.4. The first-order chi connectivity index (χ1) is 10.8. The quantitative estimate of drug-likeness (QED) is 0.812. The third-order valence-corrected chi connectivity index (χ3v) is 4.25. The first kappa shape index (κ1) is 14.7. The zero-order valence-electron chi connectivity index (χ0n) is 12.9. The Morgan fingerprint density at radius 3 is 2.73 bits per heavy atom. The molecule has 0 saturated heterocycles. The van der Waals surface area contributed by atoms with Gasteiger partial charge in [0.2, 0.25) is 5.91 Å². The fourth-order valence-electron chi connectivity index (χ4n) is 3.11. The number of hydrogen-bond acceptors (Lipinski definition) is 3. The standard InChI is InChI=1S/C18H21N3O/c1-2-21(15-7-3-4-8-15)18(22)12-11-14-13-19-16-9-5-6-10-17(16)20-14/h5-6,9-13,15H,2-4,7-8H2,1H3/b12-11+. The number of carbonyl (C=O) groups excluding carboxylic acids is 1. The Kier molecular flexibility index (Phi) is 4.47. The highest BCUT2D eigenvalue weighted by molar-refractivity contribution is 5.92. The number of amides is 1. The van der Waals surface area contributed by atoms with E-state index < -0.39 is 0 Å². The van der Waals surface area contributed by atoms with Crippen LogP contribution in [0.25, 0.3) is 17.1 Å². The molecule has 1 aliphatic rings. The van der Waals surface area contributed by atoms with Crippen LogP contribution in [0.1, 0.15) is 38.3 Å². The molecule has 2 aromatic rings. The molecule has 3 rings (SSSR count). The molecule has 0 radical (unpaired) electrons. The molecule has 114 valence electrons. The fraction of sp³-hybridized carbons (Fsp3) is 0.389. The molecule has 0 aliphatic heterocycles. The van der Waals surface area contributed by atoms with Crippen LogP contribution in [0.4, 0.5) is 0 Å². The molecule has 0 N–H and O–H groups in total. The van der Waals surface area contributed by atoms with E-state index >= 15 is 0 Å². The Morgan fingerprint density at radius 2 is 2.00 bits per heavy atom. The van der Waals surface area contributed by atoms with Crippen LogP contribution in [0.15, 0.2) is 36.5 Å². The van der Waals surface area contributed by atoms with Gasteiger partial charge in [-0.25, -0.2) is 4.98 Å². The van der Waals surface area contributed by atoms with E-state index in [1.807, 2.05) is 36.1 Å². The van der Waals surface area contributed by atoms with Crippen molar-refractivity contribution in [2.45, 2.75) is 38.6 Å². The number of rotatable bonds is 4. The van der Waals surface area contributed by atoms with Crippen LogP contribution in [-0.2, 0) is 4.79 Å². The monoisotopic (exact) mass is 295 g/mol. The minimum atomic E-state index is 0.0735. The van der Waals surface area contributed by atoms with Gasteiger partial charge in [-0.05, 0) is 38.0 Å². The molecule has 0 unspecified atom stereocenters. The van der Waals surface area contributed by atoms with E-state index in [1.54, 1.807) is 18.3 Å². The molecular weight excluding hydrogens is 274 g/mol. The molecule has 22 heavy (non-hydrogen) atoms. The zero-order valence-corrected chi connectivity index (χ0v) is 12.9. The Balaban J connectivity index is 1.74. The summed E-state index contributed by atoms with van der Waals surface area (Å²) < 4.78 is 0. The largest absolute Gasteiger partial charge is 0.336 e. The van der Waals surface area contributed by atoms with Crippen LogP contribution in [0, 0.1) is 0 Å². The summed E-state index contributed by atoms with van der Waals surface area (Å²) >= 11 is 0. The van der Waals surface area contributed by atoms with Gasteiger partial charge in [0, 0.05) is 18.7 Å². The van der Waals surface area contributed by atoms with Crippen molar-refractivity contribution < 1.29 is 4.79 Å². The van der Waals surface area contributed by atoms with Crippen LogP contribution >= 0.6 is 0 Å². The average molecular weight is 295 g/mol. The number of nitrogens with zero attached hydrogens (tertiary/aromatic N) is 3. The number of aromatic nitrogens is 2. The summed E-state index contributed by atoms with van der Waals surface area (Å²) in [7, 11) is 0. The van der Waals surface area contributed by atoms with Crippen molar-refractivity contribution in [3.63, 3.8) is 0 Å². The lowest BCUT2D eigenvalue weighted by Gasteiger charge is -2.26. The van der Waals surface area contributed by atoms with Gasteiger partial charge in [-0.3, -0.25) is 9.78 Å². The summed E-state index contributed by atoms with van der Waals surface area (Å²) in [5.74, 6) is 0.0735. The van der Waals surface area contributed by atoms with Crippen molar-refractivity contribution in [2.75, 3.05) is 6.54 Å². The Hall–Kier alpha value is -2.23. The van der Waals surface area contributed by atoms with Gasteiger partial charge in [-0.15, -0.1) is 0 Å². The maximum absolute atomic E-state index is 12.4. The first-order valence-electron chi connectivity index (χ1n) is 7.98. The third kappa shape index (κ3) is 3.16. The second-order valence-corrected chi connectivity index (χ2v) is 5.68. The van der Waals surface area contributed by atoms with Gasteiger partial charge < -0.3 is 4.90 Å². The predicted molar refractivity (Wildman–Crippen MR) is 88.2 cm³/mol. The van der Waals surface area contributed by atoms with Crippen molar-refractivity contribution in [3.05, 3.63) is 42.2 Å². The number of benzene rings is 1. The smallest absolute Gasteiger partial charge is 0.246 e. The van der Waals surface area contributed by atoms with Gasteiger partial charge in [0.05, 0.1) is 22.9 Å². The number of carbonyl (C=O) groups is 1. The molecule has 1 heterocycles. The number of hydrogen-bond donors (Lipinski definition) is 0. The van der Waals surface area contributed by atoms with E-state index in [4.69, 9.17) is 0 Å². The van der Waals surface area contributed by atoms with Gasteiger partial charge in [0.1, 0.15) is 0 Å². The van der Waals surface area contributed by atoms with Crippen molar-refractivity contribution >= 4 is 23.0 Å². The van der Waals surface area contributed by atoms with Gasteiger partial charge in [0.15, 0.2) is 0 Å². The highest BCUT2D eigenvalue weighted by Gasteiger charge is 2.23. The molecule has 0 atom stereocenters. The second-order valence-electron chi connectivity index (χ2n) is 5.68. The minimum Gasteiger partial charge on any atom is -0.336 e. The maximum Gasteiger partial charge on any atom is 0.246 e. The summed E-state index contributed by atoms with van der Waals surface area (Å²) in [5.41, 5.74) is 2.43.